The van der Waals surface area contributed by atoms with Crippen molar-refractivity contribution >= 4 is 16.0 Å². The van der Waals surface area contributed by atoms with Gasteiger partial charge in [-0.05, 0) is 12.8 Å². The van der Waals surface area contributed by atoms with Gasteiger partial charge in [-0.3, -0.25) is 4.79 Å². The number of hydrogen-bond donors (Lipinski definition) is 2. The number of carbonyl (C=O) groups is 1. The molecule has 0 saturated heterocycles. The van der Waals surface area contributed by atoms with Gasteiger partial charge in [-0.25, -0.2) is 13.1 Å². The Balaban J connectivity index is 4.13. The molecule has 0 aromatic heterocycles. The van der Waals surface area contributed by atoms with Crippen molar-refractivity contribution in [1.82, 2.24) is 4.72 Å². The molecule has 6 heteroatoms. The third-order valence-corrected chi connectivity index (χ3v) is 3.35. The molecule has 0 aliphatic rings. The van der Waals surface area contributed by atoms with Gasteiger partial charge in [0.25, 0.3) is 0 Å². The molecule has 0 saturated carbocycles. The largest absolute Gasteiger partial charge is 0.481 e. The molecular formula is C8H17NO4S. The first-order valence-corrected chi connectivity index (χ1v) is 6.28. The number of aliphatic carboxylic acids is 1. The van der Waals surface area contributed by atoms with Crippen molar-refractivity contribution in [2.75, 3.05) is 5.75 Å². The second-order valence-corrected chi connectivity index (χ2v) is 4.97. The molecule has 84 valence electrons. The average Bonchev–Trinajstić information content (AvgIpc) is 2.11. The molecule has 0 heterocycles. The van der Waals surface area contributed by atoms with Crippen LogP contribution in [0.1, 0.15) is 33.1 Å². The van der Waals surface area contributed by atoms with Crippen molar-refractivity contribution in [1.29, 1.82) is 0 Å². The van der Waals surface area contributed by atoms with Crippen LogP contribution >= 0.6 is 0 Å². The zero-order chi connectivity index (χ0) is 11.2. The minimum Gasteiger partial charge on any atom is -0.481 e. The van der Waals surface area contributed by atoms with Crippen LogP contribution in [0.2, 0.25) is 0 Å². The number of rotatable bonds is 7. The number of nitrogens with one attached hydrogen (secondary N) is 1. The highest BCUT2D eigenvalue weighted by molar-refractivity contribution is 7.89. The maximum absolute atomic E-state index is 11.3. The minimum absolute atomic E-state index is 0.0891. The molecule has 0 aromatic rings. The molecule has 0 bridgehead atoms. The van der Waals surface area contributed by atoms with E-state index < -0.39 is 16.0 Å². The molecule has 0 atom stereocenters. The average molecular weight is 223 g/mol. The third-order valence-electron chi connectivity index (χ3n) is 1.92. The Morgan fingerprint density at radius 1 is 1.36 bits per heavy atom. The zero-order valence-corrected chi connectivity index (χ0v) is 9.30. The summed E-state index contributed by atoms with van der Waals surface area (Å²) in [6.07, 6.45) is 1.07. The van der Waals surface area contributed by atoms with Crippen LogP contribution in [0.15, 0.2) is 0 Å². The van der Waals surface area contributed by atoms with Crippen molar-refractivity contribution < 1.29 is 18.3 Å². The van der Waals surface area contributed by atoms with Gasteiger partial charge >= 0.3 is 5.97 Å². The fourth-order valence-electron chi connectivity index (χ4n) is 0.990. The number of carboxylic acid groups (broad SMARTS) is 1. The van der Waals surface area contributed by atoms with Gasteiger partial charge in [-0.2, -0.15) is 0 Å². The van der Waals surface area contributed by atoms with Gasteiger partial charge in [0.15, 0.2) is 0 Å². The summed E-state index contributed by atoms with van der Waals surface area (Å²) in [6.45, 7) is 3.77. The molecule has 0 aliphatic carbocycles. The van der Waals surface area contributed by atoms with Gasteiger partial charge in [-0.1, -0.05) is 13.8 Å². The molecule has 0 fully saturated rings. The molecular weight excluding hydrogens is 206 g/mol. The number of carboxylic acids is 1. The van der Waals surface area contributed by atoms with Crippen molar-refractivity contribution in [3.05, 3.63) is 0 Å². The van der Waals surface area contributed by atoms with Gasteiger partial charge in [-0.15, -0.1) is 0 Å². The van der Waals surface area contributed by atoms with E-state index in [1.54, 1.807) is 0 Å². The summed E-state index contributed by atoms with van der Waals surface area (Å²) in [4.78, 5) is 10.2. The predicted octanol–water partition coefficient (Wildman–Crippen LogP) is 0.569. The van der Waals surface area contributed by atoms with Crippen LogP contribution in [0.5, 0.6) is 0 Å². The van der Waals surface area contributed by atoms with E-state index >= 15 is 0 Å². The van der Waals surface area contributed by atoms with Crippen LogP contribution in [0, 0.1) is 0 Å². The van der Waals surface area contributed by atoms with Gasteiger partial charge in [0, 0.05) is 6.04 Å². The lowest BCUT2D eigenvalue weighted by Gasteiger charge is -2.14. The summed E-state index contributed by atoms with van der Waals surface area (Å²) in [7, 11) is -3.43. The Morgan fingerprint density at radius 3 is 2.21 bits per heavy atom. The topological polar surface area (TPSA) is 83.5 Å². The van der Waals surface area contributed by atoms with E-state index in [1.807, 2.05) is 13.8 Å². The first-order chi connectivity index (χ1) is 6.41. The zero-order valence-electron chi connectivity index (χ0n) is 8.49. The summed E-state index contributed by atoms with van der Waals surface area (Å²) in [6, 6.07) is -0.0891. The van der Waals surface area contributed by atoms with Gasteiger partial charge in [0.05, 0.1) is 12.2 Å². The lowest BCUT2D eigenvalue weighted by atomic mass is 10.2. The summed E-state index contributed by atoms with van der Waals surface area (Å²) < 4.78 is 25.0. The maximum atomic E-state index is 11.3. The Bertz CT molecular complexity index is 269. The second kappa shape index (κ2) is 5.98. The molecule has 0 aromatic carbocycles. The second-order valence-electron chi connectivity index (χ2n) is 3.09. The summed E-state index contributed by atoms with van der Waals surface area (Å²) in [5.41, 5.74) is 0. The van der Waals surface area contributed by atoms with E-state index in [1.165, 1.54) is 0 Å². The van der Waals surface area contributed by atoms with Crippen molar-refractivity contribution in [3.63, 3.8) is 0 Å². The lowest BCUT2D eigenvalue weighted by molar-refractivity contribution is -0.136. The highest BCUT2D eigenvalue weighted by atomic mass is 32.2. The number of sulfonamides is 1. The Labute approximate surface area is 84.6 Å². The lowest BCUT2D eigenvalue weighted by Crippen LogP contribution is -2.36. The fourth-order valence-corrected chi connectivity index (χ4v) is 2.39. The summed E-state index contributed by atoms with van der Waals surface area (Å²) >= 11 is 0. The van der Waals surface area contributed by atoms with E-state index in [2.05, 4.69) is 4.72 Å². The standard InChI is InChI=1S/C8H17NO4S/c1-3-7(4-2)9-14(12,13)6-5-8(10)11/h7,9H,3-6H2,1-2H3,(H,10,11). The van der Waals surface area contributed by atoms with E-state index in [0.29, 0.717) is 12.8 Å². The van der Waals surface area contributed by atoms with E-state index in [-0.39, 0.29) is 18.2 Å². The Kier molecular flexibility index (Phi) is 5.71. The molecule has 0 amide bonds. The summed E-state index contributed by atoms with van der Waals surface area (Å²) in [5, 5.41) is 8.33. The Hall–Kier alpha value is -0.620. The van der Waals surface area contributed by atoms with Gasteiger partial charge in [0.2, 0.25) is 10.0 Å². The smallest absolute Gasteiger partial charge is 0.304 e. The normalized spacial score (nSPS) is 11.9. The molecule has 5 nitrogen and oxygen atoms in total. The first kappa shape index (κ1) is 13.4. The minimum atomic E-state index is -3.43. The SMILES string of the molecule is CCC(CC)NS(=O)(=O)CCC(=O)O. The Morgan fingerprint density at radius 2 is 1.86 bits per heavy atom. The quantitative estimate of drug-likeness (QED) is 0.661. The van der Waals surface area contributed by atoms with Crippen LogP contribution in [0.4, 0.5) is 0 Å². The van der Waals surface area contributed by atoms with Crippen molar-refractivity contribution in [3.8, 4) is 0 Å². The van der Waals surface area contributed by atoms with Crippen molar-refractivity contribution in [2.24, 2.45) is 0 Å². The molecule has 2 N–H and O–H groups in total. The monoisotopic (exact) mass is 223 g/mol. The van der Waals surface area contributed by atoms with Crippen LogP contribution in [-0.2, 0) is 14.8 Å². The van der Waals surface area contributed by atoms with E-state index in [9.17, 15) is 13.2 Å². The molecule has 0 rings (SSSR count). The van der Waals surface area contributed by atoms with Gasteiger partial charge < -0.3 is 5.11 Å². The van der Waals surface area contributed by atoms with E-state index in [0.717, 1.165) is 0 Å². The van der Waals surface area contributed by atoms with E-state index in [4.69, 9.17) is 5.11 Å². The number of hydrogen-bond acceptors (Lipinski definition) is 3. The fraction of sp³-hybridized carbons (Fsp3) is 0.875. The first-order valence-electron chi connectivity index (χ1n) is 4.63. The van der Waals surface area contributed by atoms with Gasteiger partial charge in [0.1, 0.15) is 0 Å². The molecule has 0 spiro atoms. The van der Waals surface area contributed by atoms with Crippen LogP contribution in [0.25, 0.3) is 0 Å². The highest BCUT2D eigenvalue weighted by Gasteiger charge is 2.16. The summed E-state index contributed by atoms with van der Waals surface area (Å²) in [5.74, 6) is -1.45. The van der Waals surface area contributed by atoms with Crippen LogP contribution in [-0.4, -0.2) is 31.3 Å². The molecule has 0 aliphatic heterocycles. The molecule has 0 radical (unpaired) electrons. The highest BCUT2D eigenvalue weighted by Crippen LogP contribution is 2.00. The maximum Gasteiger partial charge on any atom is 0.304 e. The van der Waals surface area contributed by atoms with Crippen LogP contribution < -0.4 is 4.72 Å². The van der Waals surface area contributed by atoms with Crippen LogP contribution in [0.3, 0.4) is 0 Å². The van der Waals surface area contributed by atoms with Crippen molar-refractivity contribution in [2.45, 2.75) is 39.2 Å². The molecule has 0 unspecified atom stereocenters. The third kappa shape index (κ3) is 5.93. The predicted molar refractivity (Wildman–Crippen MR) is 53.5 cm³/mol. The molecule has 14 heavy (non-hydrogen) atoms.